The molecule has 304 valence electrons. The zero-order chi connectivity index (χ0) is 40.3. The quantitative estimate of drug-likeness (QED) is 0.101. The first-order valence-electron chi connectivity index (χ1n) is 19.3. The monoisotopic (exact) mass is 809 g/mol. The Kier molecular flexibility index (Phi) is 9.87. The number of anilines is 1. The van der Waals surface area contributed by atoms with Gasteiger partial charge in [-0.2, -0.15) is 9.97 Å². The van der Waals surface area contributed by atoms with Gasteiger partial charge >= 0.3 is 29.8 Å². The van der Waals surface area contributed by atoms with Crippen molar-refractivity contribution in [1.82, 2.24) is 19.5 Å². The summed E-state index contributed by atoms with van der Waals surface area (Å²) in [5, 5.41) is 2.26. The Hall–Kier alpha value is -4.95. The molecule has 17 nitrogen and oxygen atoms in total. The third-order valence-corrected chi connectivity index (χ3v) is 12.7. The van der Waals surface area contributed by atoms with Gasteiger partial charge in [0.2, 0.25) is 10.9 Å². The second-order valence-corrected chi connectivity index (χ2v) is 17.3. The van der Waals surface area contributed by atoms with Crippen molar-refractivity contribution in [2.45, 2.75) is 128 Å². The summed E-state index contributed by atoms with van der Waals surface area (Å²) in [5.41, 5.74) is -2.19. The van der Waals surface area contributed by atoms with E-state index >= 15 is 0 Å². The van der Waals surface area contributed by atoms with Crippen molar-refractivity contribution >= 4 is 52.6 Å². The lowest BCUT2D eigenvalue weighted by atomic mass is 9.52. The fourth-order valence-electron chi connectivity index (χ4n) is 9.00. The van der Waals surface area contributed by atoms with Gasteiger partial charge in [-0.15, -0.1) is 6.42 Å². The van der Waals surface area contributed by atoms with E-state index in [4.69, 9.17) is 50.5 Å². The smallest absolute Gasteiger partial charge is 0.461 e. The number of aryl methyl sites for hydroxylation is 1. The van der Waals surface area contributed by atoms with Crippen molar-refractivity contribution in [1.29, 1.82) is 0 Å². The maximum atomic E-state index is 13.5. The summed E-state index contributed by atoms with van der Waals surface area (Å²) in [6.45, 7) is 3.82. The summed E-state index contributed by atoms with van der Waals surface area (Å²) in [4.78, 5) is 76.4. The molecule has 5 aliphatic rings. The molecule has 0 radical (unpaired) electrons. The zero-order valence-corrected chi connectivity index (χ0v) is 32.7. The molecule has 3 aromatic heterocycles. The highest BCUT2D eigenvalue weighted by atomic mass is 35.5. The number of amides is 1. The average Bonchev–Trinajstić information content (AvgIpc) is 3.73. The van der Waals surface area contributed by atoms with E-state index in [0.29, 0.717) is 0 Å². The van der Waals surface area contributed by atoms with Crippen molar-refractivity contribution in [3.05, 3.63) is 33.7 Å². The first-order chi connectivity index (χ1) is 27.1. The van der Waals surface area contributed by atoms with Gasteiger partial charge in [-0.25, -0.2) is 14.6 Å². The molecule has 57 heavy (non-hydrogen) atoms. The summed E-state index contributed by atoms with van der Waals surface area (Å²) in [7, 11) is 0. The SMILES string of the molecule is C#C[C@]1(COC(=O)C2CC3(CCC3)C2)O[C@@H](n2cnc3c(NC(=O)OC(C)(C)CC(=O)OCc4oc(=O)oc4C)nc(Cl)nc32)C[C@@H]1OC(=O)C1CC2(CCC2)C1. The topological polar surface area (TPSA) is 213 Å². The molecule has 1 saturated heterocycles. The molecule has 4 aliphatic carbocycles. The third-order valence-electron chi connectivity index (χ3n) is 12.5. The lowest BCUT2D eigenvalue weighted by Crippen LogP contribution is -2.51. The van der Waals surface area contributed by atoms with Crippen molar-refractivity contribution < 1.29 is 51.7 Å². The van der Waals surface area contributed by atoms with E-state index in [1.807, 2.05) is 0 Å². The van der Waals surface area contributed by atoms with Crippen LogP contribution in [0.25, 0.3) is 11.2 Å². The van der Waals surface area contributed by atoms with Gasteiger partial charge in [0.05, 0.1) is 24.6 Å². The van der Waals surface area contributed by atoms with Crippen LogP contribution in [0.5, 0.6) is 0 Å². The average molecular weight is 810 g/mol. The predicted molar refractivity (Wildman–Crippen MR) is 196 cm³/mol. The first-order valence-corrected chi connectivity index (χ1v) is 19.6. The van der Waals surface area contributed by atoms with E-state index in [1.54, 1.807) is 0 Å². The van der Waals surface area contributed by atoms with Crippen LogP contribution >= 0.6 is 11.6 Å². The molecule has 0 bridgehead atoms. The van der Waals surface area contributed by atoms with Crippen LogP contribution in [0, 0.1) is 41.9 Å². The number of hydrogen-bond donors (Lipinski definition) is 1. The molecule has 3 atom stereocenters. The molecule has 18 heteroatoms. The third kappa shape index (κ3) is 7.61. The van der Waals surface area contributed by atoms with Crippen LogP contribution in [0.2, 0.25) is 5.28 Å². The molecule has 3 aromatic rings. The fraction of sp³-hybridized carbons (Fsp3) is 0.641. The van der Waals surface area contributed by atoms with Crippen molar-refractivity contribution in [3.63, 3.8) is 0 Å². The van der Waals surface area contributed by atoms with E-state index in [0.717, 1.165) is 51.4 Å². The number of hydrogen-bond acceptors (Lipinski definition) is 15. The van der Waals surface area contributed by atoms with Crippen LogP contribution in [-0.4, -0.2) is 67.4 Å². The maximum absolute atomic E-state index is 13.5. The standard InChI is InChI=1S/C39H44ClN5O12/c1-5-39(19-52-31(47)22-13-37(14-22)8-6-9-37)25(55-32(48)23-15-38(16-23)10-7-11-38)12-26(56-39)45-20-41-28-29(42-33(40)44-30(28)45)43-34(49)57-36(3,4)17-27(46)51-18-24-21(2)53-35(50)54-24/h1,20,22-23,25-26H,6-19H2,2-4H3,(H,42,43,44,49)/t25-,26+,39+/m0/s1. The summed E-state index contributed by atoms with van der Waals surface area (Å²) >= 11 is 6.34. The number of aromatic nitrogens is 4. The van der Waals surface area contributed by atoms with Gasteiger partial charge in [-0.3, -0.25) is 24.3 Å². The van der Waals surface area contributed by atoms with Crippen molar-refractivity contribution in [2.24, 2.45) is 22.7 Å². The Morgan fingerprint density at radius 2 is 1.68 bits per heavy atom. The molecular formula is C39H44ClN5O12. The van der Waals surface area contributed by atoms with Crippen LogP contribution in [0.4, 0.5) is 10.6 Å². The molecule has 0 unspecified atom stereocenters. The highest BCUT2D eigenvalue weighted by molar-refractivity contribution is 6.28. The maximum Gasteiger partial charge on any atom is 0.519 e. The lowest BCUT2D eigenvalue weighted by Gasteiger charge is -2.53. The number of carbonyl (C=O) groups is 4. The molecule has 1 N–H and O–H groups in total. The number of halogens is 1. The molecule has 2 spiro atoms. The number of fused-ring (bicyclic) bond motifs is 1. The minimum Gasteiger partial charge on any atom is -0.461 e. The molecule has 0 aromatic carbocycles. The molecular weight excluding hydrogens is 766 g/mol. The normalized spacial score (nSPS) is 25.7. The number of esters is 3. The van der Waals surface area contributed by atoms with Gasteiger partial charge < -0.3 is 32.5 Å². The second-order valence-electron chi connectivity index (χ2n) is 17.0. The van der Waals surface area contributed by atoms with Crippen LogP contribution in [-0.2, 0) is 44.7 Å². The van der Waals surface area contributed by atoms with Gasteiger partial charge in [0.1, 0.15) is 24.5 Å². The van der Waals surface area contributed by atoms with Crippen LogP contribution in [0.3, 0.4) is 0 Å². The minimum absolute atomic E-state index is 0.0581. The molecule has 5 fully saturated rings. The van der Waals surface area contributed by atoms with E-state index in [1.165, 1.54) is 44.5 Å². The van der Waals surface area contributed by atoms with E-state index < -0.39 is 41.4 Å². The van der Waals surface area contributed by atoms with Crippen molar-refractivity contribution in [2.75, 3.05) is 11.9 Å². The number of imidazole rings is 1. The van der Waals surface area contributed by atoms with Gasteiger partial charge in [0, 0.05) is 6.42 Å². The van der Waals surface area contributed by atoms with Crippen LogP contribution in [0.15, 0.2) is 20.0 Å². The molecule has 8 rings (SSSR count). The number of ether oxygens (including phenoxy) is 5. The zero-order valence-electron chi connectivity index (χ0n) is 31.9. The van der Waals surface area contributed by atoms with Gasteiger partial charge in [-0.05, 0) is 94.6 Å². The minimum atomic E-state index is -1.61. The van der Waals surface area contributed by atoms with Gasteiger partial charge in [0.25, 0.3) is 0 Å². The summed E-state index contributed by atoms with van der Waals surface area (Å²) in [6.07, 6.45) is 14.4. The van der Waals surface area contributed by atoms with Crippen LogP contribution < -0.4 is 11.1 Å². The Bertz CT molecular complexity index is 2200. The lowest BCUT2D eigenvalue weighted by molar-refractivity contribution is -0.182. The molecule has 1 amide bonds. The van der Waals surface area contributed by atoms with Gasteiger partial charge in [0.15, 0.2) is 35.1 Å². The summed E-state index contributed by atoms with van der Waals surface area (Å²) in [6, 6.07) is 0. The van der Waals surface area contributed by atoms with Crippen molar-refractivity contribution in [3.8, 4) is 12.3 Å². The highest BCUT2D eigenvalue weighted by Gasteiger charge is 2.57. The second kappa shape index (κ2) is 14.5. The molecule has 1 aliphatic heterocycles. The Morgan fingerprint density at radius 1 is 1.02 bits per heavy atom. The molecule has 4 heterocycles. The van der Waals surface area contributed by atoms with E-state index in [2.05, 4.69) is 26.2 Å². The fourth-order valence-corrected chi connectivity index (χ4v) is 9.17. The van der Waals surface area contributed by atoms with E-state index in [-0.39, 0.29) is 94.4 Å². The Labute approximate surface area is 331 Å². The summed E-state index contributed by atoms with van der Waals surface area (Å²) in [5.74, 6) is -0.0124. The molecule has 4 saturated carbocycles. The van der Waals surface area contributed by atoms with Crippen LogP contribution in [0.1, 0.15) is 109 Å². The number of rotatable bonds is 12. The van der Waals surface area contributed by atoms with Gasteiger partial charge in [-0.1, -0.05) is 18.8 Å². The largest absolute Gasteiger partial charge is 0.519 e. The summed E-state index contributed by atoms with van der Waals surface area (Å²) < 4.78 is 40.2. The van der Waals surface area contributed by atoms with E-state index in [9.17, 15) is 24.0 Å². The predicted octanol–water partition coefficient (Wildman–Crippen LogP) is 5.70. The highest BCUT2D eigenvalue weighted by Crippen LogP contribution is 2.60. The number of nitrogens with one attached hydrogen (secondary N) is 1. The number of terminal acetylenes is 1. The Morgan fingerprint density at radius 3 is 2.28 bits per heavy atom. The number of nitrogens with zero attached hydrogens (tertiary/aromatic N) is 4. The Balaban J connectivity index is 0.953. The first kappa shape index (κ1) is 38.9. The number of carbonyl (C=O) groups excluding carboxylic acids is 4.